The van der Waals surface area contributed by atoms with Crippen molar-refractivity contribution in [3.8, 4) is 0 Å². The lowest BCUT2D eigenvalue weighted by Gasteiger charge is -2.04. The van der Waals surface area contributed by atoms with Crippen molar-refractivity contribution in [2.24, 2.45) is 0 Å². The molecule has 0 saturated heterocycles. The van der Waals surface area contributed by atoms with Crippen molar-refractivity contribution >= 4 is 5.97 Å². The van der Waals surface area contributed by atoms with Gasteiger partial charge >= 0.3 is 5.97 Å². The van der Waals surface area contributed by atoms with Gasteiger partial charge in [-0.15, -0.1) is 0 Å². The molecule has 0 amide bonds. The maximum atomic E-state index is 10.1. The van der Waals surface area contributed by atoms with Crippen LogP contribution in [0.5, 0.6) is 0 Å². The molecular formula is C6H10O4. The molecule has 0 heterocycles. The first kappa shape index (κ1) is 9.13. The van der Waals surface area contributed by atoms with Gasteiger partial charge in [0.05, 0.1) is 12.7 Å². The smallest absolute Gasteiger partial charge is 0.331 e. The van der Waals surface area contributed by atoms with E-state index in [-0.39, 0.29) is 12.0 Å². The van der Waals surface area contributed by atoms with Gasteiger partial charge in [0.1, 0.15) is 0 Å². The second kappa shape index (κ2) is 4.03. The summed E-state index contributed by atoms with van der Waals surface area (Å²) < 4.78 is 0. The number of carbonyl (C=O) groups is 1. The monoisotopic (exact) mass is 146 g/mol. The SMILES string of the molecule is C=C(CC(O)CO)C(=O)O. The van der Waals surface area contributed by atoms with E-state index in [2.05, 4.69) is 6.58 Å². The van der Waals surface area contributed by atoms with Gasteiger partial charge in [0, 0.05) is 12.0 Å². The van der Waals surface area contributed by atoms with Crippen LogP contribution in [0.1, 0.15) is 6.42 Å². The van der Waals surface area contributed by atoms with Crippen LogP contribution in [-0.2, 0) is 4.79 Å². The highest BCUT2D eigenvalue weighted by molar-refractivity contribution is 5.85. The summed E-state index contributed by atoms with van der Waals surface area (Å²) in [5, 5.41) is 25.2. The zero-order valence-corrected chi connectivity index (χ0v) is 5.45. The molecule has 0 radical (unpaired) electrons. The van der Waals surface area contributed by atoms with Gasteiger partial charge in [-0.05, 0) is 0 Å². The van der Waals surface area contributed by atoms with Gasteiger partial charge in [-0.3, -0.25) is 0 Å². The lowest BCUT2D eigenvalue weighted by atomic mass is 10.1. The number of hydrogen-bond acceptors (Lipinski definition) is 3. The topological polar surface area (TPSA) is 77.8 Å². The van der Waals surface area contributed by atoms with Gasteiger partial charge < -0.3 is 15.3 Å². The van der Waals surface area contributed by atoms with Crippen LogP contribution in [0.3, 0.4) is 0 Å². The lowest BCUT2D eigenvalue weighted by molar-refractivity contribution is -0.133. The van der Waals surface area contributed by atoms with E-state index in [0.29, 0.717) is 0 Å². The Hall–Kier alpha value is -0.870. The van der Waals surface area contributed by atoms with Crippen LogP contribution in [-0.4, -0.2) is 34.0 Å². The van der Waals surface area contributed by atoms with E-state index in [4.69, 9.17) is 15.3 Å². The number of aliphatic carboxylic acids is 1. The standard InChI is InChI=1S/C6H10O4/c1-4(6(9)10)2-5(8)3-7/h5,7-8H,1-3H2,(H,9,10). The number of hydrogen-bond donors (Lipinski definition) is 3. The molecular weight excluding hydrogens is 136 g/mol. The van der Waals surface area contributed by atoms with Crippen LogP contribution >= 0.6 is 0 Å². The van der Waals surface area contributed by atoms with Gasteiger partial charge in [-0.25, -0.2) is 4.79 Å². The average Bonchev–Trinajstić information content (AvgIpc) is 1.87. The van der Waals surface area contributed by atoms with E-state index in [9.17, 15) is 4.79 Å². The summed E-state index contributed by atoms with van der Waals surface area (Å²) in [7, 11) is 0. The van der Waals surface area contributed by atoms with Crippen LogP contribution in [0.2, 0.25) is 0 Å². The van der Waals surface area contributed by atoms with Gasteiger partial charge in [0.2, 0.25) is 0 Å². The van der Waals surface area contributed by atoms with Gasteiger partial charge in [0.25, 0.3) is 0 Å². The maximum absolute atomic E-state index is 10.1. The zero-order chi connectivity index (χ0) is 8.15. The van der Waals surface area contributed by atoms with Crippen molar-refractivity contribution in [3.05, 3.63) is 12.2 Å². The molecule has 0 aromatic rings. The van der Waals surface area contributed by atoms with Crippen LogP contribution in [0, 0.1) is 0 Å². The largest absolute Gasteiger partial charge is 0.478 e. The van der Waals surface area contributed by atoms with Gasteiger partial charge in [0.15, 0.2) is 0 Å². The summed E-state index contributed by atoms with van der Waals surface area (Å²) in [5.41, 5.74) is -0.0958. The first-order valence-corrected chi connectivity index (χ1v) is 2.78. The zero-order valence-electron chi connectivity index (χ0n) is 5.45. The molecule has 0 aromatic carbocycles. The Kier molecular flexibility index (Phi) is 3.68. The molecule has 0 spiro atoms. The fraction of sp³-hybridized carbons (Fsp3) is 0.500. The Morgan fingerprint density at radius 3 is 2.40 bits per heavy atom. The summed E-state index contributed by atoms with van der Waals surface area (Å²) in [6, 6.07) is 0. The van der Waals surface area contributed by atoms with Crippen LogP contribution in [0.25, 0.3) is 0 Å². The molecule has 1 atom stereocenters. The van der Waals surface area contributed by atoms with E-state index < -0.39 is 18.7 Å². The van der Waals surface area contributed by atoms with Crippen molar-refractivity contribution in [1.29, 1.82) is 0 Å². The van der Waals surface area contributed by atoms with Crippen molar-refractivity contribution in [2.75, 3.05) is 6.61 Å². The molecule has 4 nitrogen and oxygen atoms in total. The molecule has 0 rings (SSSR count). The molecule has 0 saturated carbocycles. The highest BCUT2D eigenvalue weighted by Crippen LogP contribution is 2.01. The third-order valence-electron chi connectivity index (χ3n) is 0.995. The predicted octanol–water partition coefficient (Wildman–Crippen LogP) is -0.629. The Labute approximate surface area is 58.4 Å². The maximum Gasteiger partial charge on any atom is 0.331 e. The fourth-order valence-corrected chi connectivity index (χ4v) is 0.436. The van der Waals surface area contributed by atoms with Gasteiger partial charge in [-0.2, -0.15) is 0 Å². The second-order valence-corrected chi connectivity index (χ2v) is 1.95. The number of carboxylic acids is 1. The number of rotatable bonds is 4. The van der Waals surface area contributed by atoms with Crippen LogP contribution in [0.4, 0.5) is 0 Å². The Morgan fingerprint density at radius 2 is 2.10 bits per heavy atom. The van der Waals surface area contributed by atoms with E-state index in [1.807, 2.05) is 0 Å². The predicted molar refractivity (Wildman–Crippen MR) is 34.5 cm³/mol. The van der Waals surface area contributed by atoms with Crippen LogP contribution < -0.4 is 0 Å². The summed E-state index contributed by atoms with van der Waals surface area (Å²) >= 11 is 0. The minimum absolute atomic E-state index is 0.0914. The Balaban J connectivity index is 3.68. The number of carboxylic acid groups (broad SMARTS) is 1. The van der Waals surface area contributed by atoms with E-state index in [1.54, 1.807) is 0 Å². The molecule has 0 aromatic heterocycles. The Bertz CT molecular complexity index is 141. The molecule has 0 aliphatic heterocycles. The van der Waals surface area contributed by atoms with E-state index in [0.717, 1.165) is 0 Å². The average molecular weight is 146 g/mol. The molecule has 0 aliphatic rings. The second-order valence-electron chi connectivity index (χ2n) is 1.95. The van der Waals surface area contributed by atoms with Crippen molar-refractivity contribution in [3.63, 3.8) is 0 Å². The van der Waals surface area contributed by atoms with Crippen molar-refractivity contribution in [2.45, 2.75) is 12.5 Å². The molecule has 4 heteroatoms. The first-order valence-electron chi connectivity index (χ1n) is 2.78. The van der Waals surface area contributed by atoms with E-state index >= 15 is 0 Å². The molecule has 3 N–H and O–H groups in total. The fourth-order valence-electron chi connectivity index (χ4n) is 0.436. The van der Waals surface area contributed by atoms with Crippen LogP contribution in [0.15, 0.2) is 12.2 Å². The molecule has 58 valence electrons. The first-order chi connectivity index (χ1) is 4.57. The summed E-state index contributed by atoms with van der Waals surface area (Å²) in [4.78, 5) is 10.1. The van der Waals surface area contributed by atoms with Crippen molar-refractivity contribution < 1.29 is 20.1 Å². The minimum Gasteiger partial charge on any atom is -0.478 e. The third-order valence-corrected chi connectivity index (χ3v) is 0.995. The molecule has 0 aliphatic carbocycles. The quantitative estimate of drug-likeness (QED) is 0.461. The highest BCUT2D eigenvalue weighted by Gasteiger charge is 2.09. The summed E-state index contributed by atoms with van der Waals surface area (Å²) in [5.74, 6) is -1.15. The lowest BCUT2D eigenvalue weighted by Crippen LogP contribution is -2.15. The Morgan fingerprint density at radius 1 is 1.60 bits per heavy atom. The summed E-state index contributed by atoms with van der Waals surface area (Å²) in [6.45, 7) is 2.73. The number of aliphatic hydroxyl groups is 2. The summed E-state index contributed by atoms with van der Waals surface area (Å²) in [6.07, 6.45) is -1.10. The van der Waals surface area contributed by atoms with Crippen molar-refractivity contribution in [1.82, 2.24) is 0 Å². The van der Waals surface area contributed by atoms with Gasteiger partial charge in [-0.1, -0.05) is 6.58 Å². The van der Waals surface area contributed by atoms with E-state index in [1.165, 1.54) is 0 Å². The minimum atomic E-state index is -1.15. The number of aliphatic hydroxyl groups excluding tert-OH is 2. The molecule has 1 unspecified atom stereocenters. The molecule has 0 fully saturated rings. The molecule has 0 bridgehead atoms. The normalized spacial score (nSPS) is 12.6. The molecule has 10 heavy (non-hydrogen) atoms. The third kappa shape index (κ3) is 3.21. The highest BCUT2D eigenvalue weighted by atomic mass is 16.4.